The normalized spacial score (nSPS) is 31.5. The molecule has 6 nitrogen and oxygen atoms in total. The van der Waals surface area contributed by atoms with E-state index in [2.05, 4.69) is 15.9 Å². The van der Waals surface area contributed by atoms with Crippen molar-refractivity contribution in [3.05, 3.63) is 46.0 Å². The minimum absolute atomic E-state index is 0.0951. The average Bonchev–Trinajstić information content (AvgIpc) is 2.83. The molecule has 0 amide bonds. The van der Waals surface area contributed by atoms with E-state index in [9.17, 15) is 24.9 Å². The third-order valence-corrected chi connectivity index (χ3v) is 6.43. The summed E-state index contributed by atoms with van der Waals surface area (Å²) in [6.07, 6.45) is -0.862. The van der Waals surface area contributed by atoms with Gasteiger partial charge in [-0.1, -0.05) is 40.2 Å². The zero-order chi connectivity index (χ0) is 21.2. The van der Waals surface area contributed by atoms with Crippen LogP contribution in [0.25, 0.3) is 0 Å². The monoisotopic (exact) mass is 454 g/mol. The summed E-state index contributed by atoms with van der Waals surface area (Å²) in [4.78, 5) is 25.3. The van der Waals surface area contributed by atoms with Gasteiger partial charge in [0.15, 0.2) is 5.78 Å². The van der Waals surface area contributed by atoms with Gasteiger partial charge in [-0.2, -0.15) is 0 Å². The minimum atomic E-state index is -1.68. The van der Waals surface area contributed by atoms with Crippen LogP contribution in [0, 0.1) is 17.8 Å². The molecule has 7 heteroatoms. The number of Topliss-reactive ketones (excluding diaryl/α,β-unsaturated/α-hetero) is 1. The third-order valence-electron chi connectivity index (χ3n) is 5.73. The summed E-state index contributed by atoms with van der Waals surface area (Å²) in [7, 11) is 1.24. The molecule has 0 aromatic heterocycles. The first-order chi connectivity index (χ1) is 13.1. The Labute approximate surface area is 173 Å². The van der Waals surface area contributed by atoms with E-state index in [1.165, 1.54) is 21.0 Å². The Hall–Kier alpha value is -1.54. The molecular weight excluding hydrogens is 428 g/mol. The molecule has 0 radical (unpaired) electrons. The summed E-state index contributed by atoms with van der Waals surface area (Å²) in [5.74, 6) is -3.19. The number of aliphatic hydroxyl groups excluding tert-OH is 2. The summed E-state index contributed by atoms with van der Waals surface area (Å²) in [6.45, 7) is 4.58. The van der Waals surface area contributed by atoms with Gasteiger partial charge in [0, 0.05) is 39.8 Å². The summed E-state index contributed by atoms with van der Waals surface area (Å²) in [5, 5.41) is 32.2. The van der Waals surface area contributed by atoms with E-state index in [1.807, 2.05) is 0 Å². The number of rotatable bonds is 6. The minimum Gasteiger partial charge on any atom is -0.466 e. The van der Waals surface area contributed by atoms with Gasteiger partial charge >= 0.3 is 5.97 Å². The van der Waals surface area contributed by atoms with Crippen LogP contribution in [0.15, 0.2) is 40.4 Å². The van der Waals surface area contributed by atoms with Gasteiger partial charge in [-0.25, -0.2) is 4.79 Å². The maximum absolute atomic E-state index is 12.9. The molecule has 3 N–H and O–H groups in total. The van der Waals surface area contributed by atoms with E-state index in [1.54, 1.807) is 37.3 Å². The number of ketones is 1. The highest BCUT2D eigenvalue weighted by Gasteiger charge is 2.60. The van der Waals surface area contributed by atoms with Gasteiger partial charge in [-0.05, 0) is 26.8 Å². The number of esters is 1. The Balaban J connectivity index is 2.50. The summed E-state index contributed by atoms with van der Waals surface area (Å²) >= 11 is 3.35. The lowest BCUT2D eigenvalue weighted by molar-refractivity contribution is -0.137. The van der Waals surface area contributed by atoms with Gasteiger partial charge in [0.05, 0.1) is 24.9 Å². The van der Waals surface area contributed by atoms with E-state index in [4.69, 9.17) is 4.74 Å². The highest BCUT2D eigenvalue weighted by atomic mass is 79.9. The first-order valence-corrected chi connectivity index (χ1v) is 9.97. The maximum Gasteiger partial charge on any atom is 0.333 e. The molecule has 28 heavy (non-hydrogen) atoms. The summed E-state index contributed by atoms with van der Waals surface area (Å²) in [5.41, 5.74) is -0.996. The number of methoxy groups -OCH3 is 1. The standard InChI is InChI=1S/C21H27BrO6/c1-5-12(20(26)28-4)17-14(19(25)21(3,27)18(17)11(2)23)10-16(24)13-8-6-7-9-15(13)22/h5-9,11,14,17-19,23,25,27H,10H2,1-4H3/b12-5+/t11?,14-,17-,18-,19-,21+/m0/s1. The van der Waals surface area contributed by atoms with Crippen molar-refractivity contribution >= 4 is 27.7 Å². The van der Waals surface area contributed by atoms with Crippen LogP contribution >= 0.6 is 15.9 Å². The van der Waals surface area contributed by atoms with Gasteiger partial charge in [0.1, 0.15) is 0 Å². The molecule has 154 valence electrons. The second-order valence-corrected chi connectivity index (χ2v) is 8.32. The molecule has 1 aromatic carbocycles. The Morgan fingerprint density at radius 2 is 1.96 bits per heavy atom. The first-order valence-electron chi connectivity index (χ1n) is 9.18. The van der Waals surface area contributed by atoms with Crippen molar-refractivity contribution in [3.8, 4) is 0 Å². The molecule has 1 aliphatic rings. The molecule has 1 saturated carbocycles. The van der Waals surface area contributed by atoms with Crippen LogP contribution in [-0.4, -0.2) is 52.0 Å². The average molecular weight is 455 g/mol. The fraction of sp³-hybridized carbons (Fsp3) is 0.524. The fourth-order valence-corrected chi connectivity index (χ4v) is 4.99. The van der Waals surface area contributed by atoms with Crippen molar-refractivity contribution in [1.82, 2.24) is 0 Å². The lowest BCUT2D eigenvalue weighted by atomic mass is 9.76. The van der Waals surface area contributed by atoms with Gasteiger partial charge in [-0.3, -0.25) is 4.79 Å². The van der Waals surface area contributed by atoms with Crippen molar-refractivity contribution in [2.75, 3.05) is 7.11 Å². The van der Waals surface area contributed by atoms with Crippen LogP contribution in [0.3, 0.4) is 0 Å². The van der Waals surface area contributed by atoms with Gasteiger partial charge in [-0.15, -0.1) is 0 Å². The van der Waals surface area contributed by atoms with Crippen molar-refractivity contribution in [2.45, 2.75) is 45.0 Å². The number of aliphatic hydroxyl groups is 3. The van der Waals surface area contributed by atoms with Gasteiger partial charge in [0.2, 0.25) is 0 Å². The van der Waals surface area contributed by atoms with E-state index < -0.39 is 41.5 Å². The van der Waals surface area contributed by atoms with Crippen molar-refractivity contribution < 1.29 is 29.6 Å². The Kier molecular flexibility index (Phi) is 7.20. The lowest BCUT2D eigenvalue weighted by Gasteiger charge is -2.33. The fourth-order valence-electron chi connectivity index (χ4n) is 4.48. The molecule has 0 bridgehead atoms. The summed E-state index contributed by atoms with van der Waals surface area (Å²) < 4.78 is 5.49. The number of ether oxygens (including phenoxy) is 1. The largest absolute Gasteiger partial charge is 0.466 e. The molecule has 2 rings (SSSR count). The predicted octanol–water partition coefficient (Wildman–Crippen LogP) is 2.50. The molecule has 0 spiro atoms. The smallest absolute Gasteiger partial charge is 0.333 e. The number of hydrogen-bond donors (Lipinski definition) is 3. The van der Waals surface area contributed by atoms with Crippen LogP contribution in [0.2, 0.25) is 0 Å². The highest BCUT2D eigenvalue weighted by molar-refractivity contribution is 9.10. The number of carbonyl (C=O) groups excluding carboxylic acids is 2. The third kappa shape index (κ3) is 4.08. The number of benzene rings is 1. The number of hydrogen-bond acceptors (Lipinski definition) is 6. The van der Waals surface area contributed by atoms with Crippen LogP contribution in [0.5, 0.6) is 0 Å². The Morgan fingerprint density at radius 3 is 2.46 bits per heavy atom. The second kappa shape index (κ2) is 8.86. The molecule has 0 aliphatic heterocycles. The molecule has 0 saturated heterocycles. The van der Waals surface area contributed by atoms with Crippen molar-refractivity contribution in [2.24, 2.45) is 17.8 Å². The molecule has 1 aliphatic carbocycles. The maximum atomic E-state index is 12.9. The molecule has 1 unspecified atom stereocenters. The summed E-state index contributed by atoms with van der Waals surface area (Å²) in [6, 6.07) is 6.94. The van der Waals surface area contributed by atoms with E-state index in [0.717, 1.165) is 0 Å². The Morgan fingerprint density at radius 1 is 1.36 bits per heavy atom. The van der Waals surface area contributed by atoms with Crippen LogP contribution in [0.4, 0.5) is 0 Å². The van der Waals surface area contributed by atoms with Gasteiger partial charge < -0.3 is 20.1 Å². The van der Waals surface area contributed by atoms with Crippen LogP contribution in [-0.2, 0) is 9.53 Å². The quantitative estimate of drug-likeness (QED) is 0.346. The predicted molar refractivity (Wildman–Crippen MR) is 108 cm³/mol. The Bertz CT molecular complexity index is 770. The zero-order valence-electron chi connectivity index (χ0n) is 16.4. The number of carbonyl (C=O) groups is 2. The molecule has 6 atom stereocenters. The van der Waals surface area contributed by atoms with Crippen LogP contribution in [0.1, 0.15) is 37.6 Å². The molecule has 1 aromatic rings. The first kappa shape index (κ1) is 22.7. The van der Waals surface area contributed by atoms with Crippen LogP contribution < -0.4 is 0 Å². The molecule has 0 heterocycles. The number of allylic oxidation sites excluding steroid dienone is 1. The molecular formula is C21H27BrO6. The van der Waals surface area contributed by atoms with E-state index >= 15 is 0 Å². The van der Waals surface area contributed by atoms with Crippen molar-refractivity contribution in [1.29, 1.82) is 0 Å². The van der Waals surface area contributed by atoms with E-state index in [0.29, 0.717) is 10.0 Å². The van der Waals surface area contributed by atoms with E-state index in [-0.39, 0.29) is 17.8 Å². The molecule has 1 fully saturated rings. The highest BCUT2D eigenvalue weighted by Crippen LogP contribution is 2.51. The SMILES string of the molecule is C/C=C(/C(=O)OC)[C@H]1[C@H](CC(=O)c2ccccc2Br)[C@H](O)[C@](C)(O)[C@H]1C(C)O. The van der Waals surface area contributed by atoms with Gasteiger partial charge in [0.25, 0.3) is 0 Å². The topological polar surface area (TPSA) is 104 Å². The number of halogens is 1. The second-order valence-electron chi connectivity index (χ2n) is 7.47. The van der Waals surface area contributed by atoms with Crippen molar-refractivity contribution in [3.63, 3.8) is 0 Å². The lowest BCUT2D eigenvalue weighted by Crippen LogP contribution is -2.46. The zero-order valence-corrected chi connectivity index (χ0v) is 18.0.